The molecule has 18 heavy (non-hydrogen) atoms. The summed E-state index contributed by atoms with van der Waals surface area (Å²) < 4.78 is 14.7. The molecule has 92 valence electrons. The van der Waals surface area contributed by atoms with Crippen LogP contribution in [0, 0.1) is 12.7 Å². The Morgan fingerprint density at radius 2 is 2.00 bits per heavy atom. The highest BCUT2D eigenvalue weighted by molar-refractivity contribution is 5.87. The van der Waals surface area contributed by atoms with E-state index in [9.17, 15) is 14.0 Å². The van der Waals surface area contributed by atoms with Crippen molar-refractivity contribution in [2.24, 2.45) is 0 Å². The summed E-state index contributed by atoms with van der Waals surface area (Å²) in [5.74, 6) is -1.75. The molecule has 0 atom stereocenters. The maximum absolute atomic E-state index is 13.7. The van der Waals surface area contributed by atoms with Crippen molar-refractivity contribution in [1.29, 1.82) is 0 Å². The Labute approximate surface area is 102 Å². The van der Waals surface area contributed by atoms with Gasteiger partial charge in [-0.15, -0.1) is 0 Å². The van der Waals surface area contributed by atoms with Crippen LogP contribution in [0.3, 0.4) is 0 Å². The molecule has 0 saturated carbocycles. The SMILES string of the molecule is Cc1ccc(F)c(-n2cc(C(=O)O)ccc2=O)c1. The van der Waals surface area contributed by atoms with E-state index in [1.165, 1.54) is 18.2 Å². The number of aryl methyl sites for hydroxylation is 1. The molecular formula is C13H10FNO3. The molecule has 1 N–H and O–H groups in total. The number of benzene rings is 1. The zero-order chi connectivity index (χ0) is 13.3. The summed E-state index contributed by atoms with van der Waals surface area (Å²) in [7, 11) is 0. The lowest BCUT2D eigenvalue weighted by molar-refractivity contribution is 0.0696. The summed E-state index contributed by atoms with van der Waals surface area (Å²) in [5.41, 5.74) is 0.266. The lowest BCUT2D eigenvalue weighted by Gasteiger charge is -2.08. The number of hydrogen-bond acceptors (Lipinski definition) is 2. The second-order valence-electron chi connectivity index (χ2n) is 3.89. The first-order chi connectivity index (χ1) is 8.49. The van der Waals surface area contributed by atoms with Crippen molar-refractivity contribution in [3.8, 4) is 5.69 Å². The van der Waals surface area contributed by atoms with Crippen LogP contribution < -0.4 is 5.56 Å². The first kappa shape index (κ1) is 12.0. The number of carboxylic acids is 1. The highest BCUT2D eigenvalue weighted by Crippen LogP contribution is 2.14. The number of halogens is 1. The highest BCUT2D eigenvalue weighted by Gasteiger charge is 2.10. The second kappa shape index (κ2) is 4.44. The summed E-state index contributed by atoms with van der Waals surface area (Å²) in [6.07, 6.45) is 1.11. The molecular weight excluding hydrogens is 237 g/mol. The van der Waals surface area contributed by atoms with Gasteiger partial charge >= 0.3 is 5.97 Å². The molecule has 2 aromatic rings. The fourth-order valence-corrected chi connectivity index (χ4v) is 1.61. The van der Waals surface area contributed by atoms with Crippen molar-refractivity contribution in [3.63, 3.8) is 0 Å². The average molecular weight is 247 g/mol. The fraction of sp³-hybridized carbons (Fsp3) is 0.0769. The molecule has 0 aliphatic heterocycles. The van der Waals surface area contributed by atoms with Gasteiger partial charge in [0.25, 0.3) is 5.56 Å². The molecule has 0 aliphatic rings. The minimum atomic E-state index is -1.17. The first-order valence-electron chi connectivity index (χ1n) is 5.21. The van der Waals surface area contributed by atoms with Crippen LogP contribution >= 0.6 is 0 Å². The molecule has 0 saturated heterocycles. The van der Waals surface area contributed by atoms with E-state index >= 15 is 0 Å². The number of aromatic carboxylic acids is 1. The molecule has 2 rings (SSSR count). The molecule has 5 heteroatoms. The second-order valence-corrected chi connectivity index (χ2v) is 3.89. The van der Waals surface area contributed by atoms with Crippen LogP contribution in [-0.2, 0) is 0 Å². The third-order valence-electron chi connectivity index (χ3n) is 2.52. The van der Waals surface area contributed by atoms with Crippen LogP contribution in [0.1, 0.15) is 15.9 Å². The molecule has 4 nitrogen and oxygen atoms in total. The Bertz CT molecular complexity index is 676. The number of rotatable bonds is 2. The molecule has 0 unspecified atom stereocenters. The zero-order valence-corrected chi connectivity index (χ0v) is 9.55. The molecule has 0 spiro atoms. The molecule has 1 aromatic heterocycles. The molecule has 1 heterocycles. The predicted molar refractivity (Wildman–Crippen MR) is 63.7 cm³/mol. The van der Waals surface area contributed by atoms with Crippen LogP contribution in [-0.4, -0.2) is 15.6 Å². The maximum Gasteiger partial charge on any atom is 0.337 e. The predicted octanol–water partition coefficient (Wildman–Crippen LogP) is 1.98. The first-order valence-corrected chi connectivity index (χ1v) is 5.21. The van der Waals surface area contributed by atoms with Crippen molar-refractivity contribution >= 4 is 5.97 Å². The quantitative estimate of drug-likeness (QED) is 0.882. The molecule has 0 bridgehead atoms. The fourth-order valence-electron chi connectivity index (χ4n) is 1.61. The van der Waals surface area contributed by atoms with E-state index in [0.29, 0.717) is 0 Å². The largest absolute Gasteiger partial charge is 0.478 e. The third kappa shape index (κ3) is 2.15. The van der Waals surface area contributed by atoms with Crippen LogP contribution in [0.2, 0.25) is 0 Å². The smallest absolute Gasteiger partial charge is 0.337 e. The zero-order valence-electron chi connectivity index (χ0n) is 9.55. The van der Waals surface area contributed by atoms with Crippen LogP contribution in [0.25, 0.3) is 5.69 Å². The van der Waals surface area contributed by atoms with Gasteiger partial charge in [0.05, 0.1) is 11.3 Å². The van der Waals surface area contributed by atoms with Crippen molar-refractivity contribution < 1.29 is 14.3 Å². The molecule has 0 fully saturated rings. The summed E-state index contributed by atoms with van der Waals surface area (Å²) in [6.45, 7) is 1.76. The number of pyridine rings is 1. The van der Waals surface area contributed by atoms with Crippen molar-refractivity contribution in [1.82, 2.24) is 4.57 Å². The Balaban J connectivity index is 2.70. The van der Waals surface area contributed by atoms with E-state index in [1.807, 2.05) is 0 Å². The minimum absolute atomic E-state index is 0.0445. The Hall–Kier alpha value is -2.43. The average Bonchev–Trinajstić information content (AvgIpc) is 2.33. The number of carbonyl (C=O) groups is 1. The number of aromatic nitrogens is 1. The van der Waals surface area contributed by atoms with E-state index < -0.39 is 17.3 Å². The Kier molecular flexibility index (Phi) is 2.97. The summed E-state index contributed by atoms with van der Waals surface area (Å²) >= 11 is 0. The standard InChI is InChI=1S/C13H10FNO3/c1-8-2-4-10(14)11(6-8)15-7-9(13(17)18)3-5-12(15)16/h2-7H,1H3,(H,17,18). The van der Waals surface area contributed by atoms with E-state index in [0.717, 1.165) is 22.4 Å². The van der Waals surface area contributed by atoms with E-state index in [-0.39, 0.29) is 11.3 Å². The topological polar surface area (TPSA) is 59.3 Å². The molecule has 0 amide bonds. The summed E-state index contributed by atoms with van der Waals surface area (Å²) in [4.78, 5) is 22.5. The molecule has 0 aliphatic carbocycles. The van der Waals surface area contributed by atoms with Gasteiger partial charge in [-0.05, 0) is 30.7 Å². The van der Waals surface area contributed by atoms with Gasteiger partial charge in [0.15, 0.2) is 0 Å². The van der Waals surface area contributed by atoms with Gasteiger partial charge in [-0.25, -0.2) is 9.18 Å². The van der Waals surface area contributed by atoms with Crippen molar-refractivity contribution in [3.05, 3.63) is 63.8 Å². The van der Waals surface area contributed by atoms with Gasteiger partial charge in [0.2, 0.25) is 0 Å². The van der Waals surface area contributed by atoms with E-state index in [1.54, 1.807) is 13.0 Å². The third-order valence-corrected chi connectivity index (χ3v) is 2.52. The minimum Gasteiger partial charge on any atom is -0.478 e. The highest BCUT2D eigenvalue weighted by atomic mass is 19.1. The number of carboxylic acid groups (broad SMARTS) is 1. The maximum atomic E-state index is 13.7. The van der Waals surface area contributed by atoms with Gasteiger partial charge in [-0.3, -0.25) is 9.36 Å². The van der Waals surface area contributed by atoms with Gasteiger partial charge in [0.1, 0.15) is 5.82 Å². The summed E-state index contributed by atoms with van der Waals surface area (Å²) in [6, 6.07) is 6.60. The monoisotopic (exact) mass is 247 g/mol. The normalized spacial score (nSPS) is 10.3. The van der Waals surface area contributed by atoms with E-state index in [4.69, 9.17) is 5.11 Å². The Morgan fingerprint density at radius 3 is 2.67 bits per heavy atom. The van der Waals surface area contributed by atoms with Crippen LogP contribution in [0.15, 0.2) is 41.3 Å². The van der Waals surface area contributed by atoms with Gasteiger partial charge < -0.3 is 5.11 Å². The molecule has 1 aromatic carbocycles. The van der Waals surface area contributed by atoms with Crippen molar-refractivity contribution in [2.45, 2.75) is 6.92 Å². The lowest BCUT2D eigenvalue weighted by Crippen LogP contribution is -2.19. The number of nitrogens with zero attached hydrogens (tertiary/aromatic N) is 1. The number of hydrogen-bond donors (Lipinski definition) is 1. The van der Waals surface area contributed by atoms with Crippen LogP contribution in [0.4, 0.5) is 4.39 Å². The summed E-state index contributed by atoms with van der Waals surface area (Å²) in [5, 5.41) is 8.86. The van der Waals surface area contributed by atoms with Gasteiger partial charge in [-0.2, -0.15) is 0 Å². The van der Waals surface area contributed by atoms with Crippen LogP contribution in [0.5, 0.6) is 0 Å². The van der Waals surface area contributed by atoms with Gasteiger partial charge in [-0.1, -0.05) is 6.07 Å². The Morgan fingerprint density at radius 1 is 1.28 bits per heavy atom. The molecule has 0 radical (unpaired) electrons. The van der Waals surface area contributed by atoms with Crippen molar-refractivity contribution in [2.75, 3.05) is 0 Å². The van der Waals surface area contributed by atoms with Gasteiger partial charge in [0, 0.05) is 12.3 Å². The van der Waals surface area contributed by atoms with E-state index in [2.05, 4.69) is 0 Å². The lowest BCUT2D eigenvalue weighted by atomic mass is 10.2.